The topological polar surface area (TPSA) is 32.7 Å². The molecule has 0 saturated heterocycles. The highest BCUT2D eigenvalue weighted by molar-refractivity contribution is 6.74. The molecular weight excluding hydrogens is 779 g/mol. The molecule has 0 atom stereocenters. The molecule has 3 aliphatic heterocycles. The second-order valence-corrected chi connectivity index (χ2v) is 17.9. The van der Waals surface area contributed by atoms with Crippen LogP contribution in [0, 0.1) is 6.92 Å². The third-order valence-electron chi connectivity index (χ3n) is 13.8. The third-order valence-corrected chi connectivity index (χ3v) is 13.8. The number of rotatable bonds is 7. The van der Waals surface area contributed by atoms with E-state index in [1.807, 2.05) is 0 Å². The minimum Gasteiger partial charge on any atom is -0.453 e. The molecule has 0 bridgehead atoms. The lowest BCUT2D eigenvalue weighted by Gasteiger charge is -2.38. The van der Waals surface area contributed by atoms with Gasteiger partial charge in [-0.1, -0.05) is 134 Å². The maximum absolute atomic E-state index is 6.66. The Bertz CT molecular complexity index is 3440. The van der Waals surface area contributed by atoms with Gasteiger partial charge in [0.1, 0.15) is 0 Å². The normalized spacial score (nSPS) is 13.6. The highest BCUT2D eigenvalue weighted by atomic mass is 16.5. The average molecular weight is 823 g/mol. The number of aryl methyl sites for hydroxylation is 1. The van der Waals surface area contributed by atoms with E-state index < -0.39 is 0 Å². The van der Waals surface area contributed by atoms with E-state index in [0.717, 1.165) is 69.8 Å². The molecule has 5 nitrogen and oxygen atoms in total. The van der Waals surface area contributed by atoms with Gasteiger partial charge in [0.25, 0.3) is 0 Å². The fourth-order valence-corrected chi connectivity index (χ4v) is 10.8. The molecule has 304 valence electrons. The molecule has 13 rings (SSSR count). The maximum atomic E-state index is 6.66. The van der Waals surface area contributed by atoms with Crippen molar-refractivity contribution in [1.82, 2.24) is 4.57 Å². The van der Waals surface area contributed by atoms with Gasteiger partial charge in [0.05, 0.1) is 28.1 Å². The van der Waals surface area contributed by atoms with Crippen molar-refractivity contribution >= 4 is 85.5 Å². The van der Waals surface area contributed by atoms with E-state index in [0.29, 0.717) is 0 Å². The van der Waals surface area contributed by atoms with Crippen molar-refractivity contribution in [3.05, 3.63) is 211 Å². The lowest BCUT2D eigenvalue weighted by molar-refractivity contribution is 0.477. The lowest BCUT2D eigenvalue weighted by atomic mass is 9.57. The fraction of sp³-hybridized carbons (Fsp3) is 0.0690. The minimum absolute atomic E-state index is 0.189. The molecule has 4 heterocycles. The van der Waals surface area contributed by atoms with E-state index in [4.69, 9.17) is 4.74 Å². The minimum atomic E-state index is -0.189. The van der Waals surface area contributed by atoms with Crippen LogP contribution in [0.4, 0.5) is 45.5 Å². The Morgan fingerprint density at radius 2 is 1.19 bits per heavy atom. The molecule has 0 saturated carbocycles. The summed E-state index contributed by atoms with van der Waals surface area (Å²) in [7, 11) is 0.794. The third kappa shape index (κ3) is 5.32. The number of nitrogens with one attached hydrogen (secondary N) is 1. The molecule has 0 radical (unpaired) electrons. The van der Waals surface area contributed by atoms with Crippen molar-refractivity contribution in [2.24, 2.45) is 0 Å². The van der Waals surface area contributed by atoms with Gasteiger partial charge in [0, 0.05) is 55.9 Å². The monoisotopic (exact) mass is 822 g/mol. The number of ether oxygens (including phenoxy) is 1. The summed E-state index contributed by atoms with van der Waals surface area (Å²) in [6, 6.07) is 70.4. The summed E-state index contributed by atoms with van der Waals surface area (Å²) in [5, 5.41) is 6.43. The first-order chi connectivity index (χ1) is 31.4. The summed E-state index contributed by atoms with van der Waals surface area (Å²) < 4.78 is 9.30. The van der Waals surface area contributed by atoms with Crippen molar-refractivity contribution in [2.75, 3.05) is 15.1 Å². The molecule has 6 heteroatoms. The fourth-order valence-electron chi connectivity index (χ4n) is 10.8. The van der Waals surface area contributed by atoms with E-state index in [2.05, 4.69) is 235 Å². The quantitative estimate of drug-likeness (QED) is 0.162. The highest BCUT2D eigenvalue weighted by Gasteiger charge is 2.41. The van der Waals surface area contributed by atoms with Gasteiger partial charge in [-0.25, -0.2) is 0 Å². The zero-order chi connectivity index (χ0) is 42.7. The van der Waals surface area contributed by atoms with Gasteiger partial charge < -0.3 is 24.4 Å². The van der Waals surface area contributed by atoms with Crippen molar-refractivity contribution in [1.29, 1.82) is 0 Å². The van der Waals surface area contributed by atoms with Gasteiger partial charge in [0.2, 0.25) is 0 Å². The number of para-hydroxylation sites is 8. The number of hydrogen-bond acceptors (Lipinski definition) is 4. The maximum Gasteiger partial charge on any atom is 0.198 e. The van der Waals surface area contributed by atoms with Gasteiger partial charge >= 0.3 is 0 Å². The second-order valence-electron chi connectivity index (χ2n) is 17.9. The number of nitrogens with zero attached hydrogens (tertiary/aromatic N) is 3. The van der Waals surface area contributed by atoms with Crippen molar-refractivity contribution in [3.63, 3.8) is 0 Å². The first-order valence-electron chi connectivity index (χ1n) is 22.2. The molecule has 64 heavy (non-hydrogen) atoms. The first kappa shape index (κ1) is 36.7. The Hall–Kier alpha value is -7.96. The Morgan fingerprint density at radius 1 is 0.547 bits per heavy atom. The Morgan fingerprint density at radius 3 is 1.89 bits per heavy atom. The van der Waals surface area contributed by atoms with E-state index >= 15 is 0 Å². The zero-order valence-corrected chi connectivity index (χ0v) is 35.9. The van der Waals surface area contributed by atoms with Crippen LogP contribution in [0.25, 0.3) is 38.6 Å². The highest BCUT2D eigenvalue weighted by Crippen LogP contribution is 2.56. The van der Waals surface area contributed by atoms with Gasteiger partial charge in [-0.05, 0) is 114 Å². The first-order valence-corrected chi connectivity index (χ1v) is 22.2. The van der Waals surface area contributed by atoms with Crippen LogP contribution in [0.1, 0.15) is 30.5 Å². The standard InChI is InChI=1S/C58H43BN4O/c1-36-28-30-37(31-29-36)60-47-33-32-40(61(38-16-6-4-7-17-38)39-18-8-5-9-19-39)34-42(47)43-35-50(62-48-24-10-12-26-51(48)64-52-27-13-11-25-49(52)62)53-41-20-14-21-44-55(41)63-56-45(58(44,2)3)22-15-23-46(56)59-54(43)57(53)63/h4-35,59-60H,1-3H3. The van der Waals surface area contributed by atoms with Crippen molar-refractivity contribution in [3.8, 4) is 28.3 Å². The summed E-state index contributed by atoms with van der Waals surface area (Å²) in [5.41, 5.74) is 21.1. The second kappa shape index (κ2) is 13.8. The molecular formula is C58H43BN4O. The van der Waals surface area contributed by atoms with Crippen LogP contribution >= 0.6 is 0 Å². The molecule has 0 fully saturated rings. The van der Waals surface area contributed by atoms with Crippen LogP contribution in [0.5, 0.6) is 11.5 Å². The van der Waals surface area contributed by atoms with E-state index in [-0.39, 0.29) is 5.41 Å². The molecule has 10 aromatic rings. The predicted molar refractivity (Wildman–Crippen MR) is 269 cm³/mol. The van der Waals surface area contributed by atoms with Gasteiger partial charge in [-0.3, -0.25) is 0 Å². The number of benzene rings is 9. The summed E-state index contributed by atoms with van der Waals surface area (Å²) in [6.07, 6.45) is 0. The summed E-state index contributed by atoms with van der Waals surface area (Å²) in [5.74, 6) is 1.67. The van der Waals surface area contributed by atoms with Crippen LogP contribution in [-0.4, -0.2) is 11.8 Å². The molecule has 0 unspecified atom stereocenters. The Labute approximate surface area is 373 Å². The SMILES string of the molecule is Cc1ccc(Nc2ccc(N(c3ccccc3)c3ccccc3)cc2-c2cc(N3c4ccccc4Oc4ccccc43)c3c4cccc5c4n4c3c2Bc2cccc(c2-4)C5(C)C)cc1. The van der Waals surface area contributed by atoms with Gasteiger partial charge in [0.15, 0.2) is 18.8 Å². The molecule has 1 aromatic heterocycles. The van der Waals surface area contributed by atoms with Crippen LogP contribution in [0.15, 0.2) is 194 Å². The van der Waals surface area contributed by atoms with Crippen LogP contribution < -0.4 is 30.8 Å². The number of fused-ring (bicyclic) bond motifs is 3. The molecule has 9 aromatic carbocycles. The number of aromatic nitrogens is 1. The van der Waals surface area contributed by atoms with E-state index in [1.54, 1.807) is 0 Å². The Balaban J connectivity index is 1.18. The van der Waals surface area contributed by atoms with E-state index in [1.165, 1.54) is 60.7 Å². The summed E-state index contributed by atoms with van der Waals surface area (Å²) in [6.45, 7) is 6.93. The van der Waals surface area contributed by atoms with Gasteiger partial charge in [-0.2, -0.15) is 0 Å². The van der Waals surface area contributed by atoms with Gasteiger partial charge in [-0.15, -0.1) is 0 Å². The lowest BCUT2D eigenvalue weighted by Crippen LogP contribution is -2.41. The molecule has 0 amide bonds. The summed E-state index contributed by atoms with van der Waals surface area (Å²) >= 11 is 0. The molecule has 0 aliphatic carbocycles. The van der Waals surface area contributed by atoms with Crippen LogP contribution in [0.3, 0.4) is 0 Å². The largest absolute Gasteiger partial charge is 0.453 e. The van der Waals surface area contributed by atoms with Crippen LogP contribution in [0.2, 0.25) is 0 Å². The molecule has 3 aliphatic rings. The van der Waals surface area contributed by atoms with Crippen LogP contribution in [-0.2, 0) is 5.41 Å². The zero-order valence-electron chi connectivity index (χ0n) is 35.9. The number of hydrogen-bond donors (Lipinski definition) is 1. The van der Waals surface area contributed by atoms with Crippen molar-refractivity contribution < 1.29 is 4.74 Å². The van der Waals surface area contributed by atoms with E-state index in [9.17, 15) is 0 Å². The smallest absolute Gasteiger partial charge is 0.198 e. The Kier molecular flexibility index (Phi) is 7.89. The average Bonchev–Trinajstić information content (AvgIpc) is 3.69. The molecule has 1 N–H and O–H groups in total. The number of anilines is 8. The summed E-state index contributed by atoms with van der Waals surface area (Å²) in [4.78, 5) is 4.82. The molecule has 0 spiro atoms. The van der Waals surface area contributed by atoms with Crippen molar-refractivity contribution in [2.45, 2.75) is 26.2 Å². The predicted octanol–water partition coefficient (Wildman–Crippen LogP) is 13.9.